The number of carbonyl (C=O) groups excluding carboxylic acids is 11. The number of nitrogens with zero attached hydrogens (tertiary/aromatic N) is 5. The second kappa shape index (κ2) is 34.7. The molecule has 11 amide bonds. The monoisotopic (exact) mass is 1200 g/mol. The predicted octanol–water partition coefficient (Wildman–Crippen LogP) is 1.02. The molecule has 478 valence electrons. The lowest BCUT2D eigenvalue weighted by molar-refractivity contribution is -0.149. The molecule has 1 aromatic carbocycles. The van der Waals surface area contributed by atoms with Gasteiger partial charge in [0.1, 0.15) is 60.4 Å². The highest BCUT2D eigenvalue weighted by Gasteiger charge is 2.40. The Balaban J connectivity index is 2.32. The fourth-order valence-electron chi connectivity index (χ4n) is 9.89. The van der Waals surface area contributed by atoms with Crippen LogP contribution in [0.1, 0.15) is 134 Å². The van der Waals surface area contributed by atoms with Gasteiger partial charge in [0.05, 0.1) is 12.6 Å². The van der Waals surface area contributed by atoms with Gasteiger partial charge < -0.3 is 66.8 Å². The van der Waals surface area contributed by atoms with Crippen molar-refractivity contribution in [2.45, 2.75) is 201 Å². The number of likely N-dealkylation sites (N-methyl/N-ethyl adjacent to an activating group) is 5. The summed E-state index contributed by atoms with van der Waals surface area (Å²) in [6.45, 7) is 22.1. The van der Waals surface area contributed by atoms with Crippen molar-refractivity contribution in [3.8, 4) is 0 Å². The topological polar surface area (TPSA) is 325 Å². The molecular weight excluding hydrogens is 1100 g/mol. The van der Waals surface area contributed by atoms with Gasteiger partial charge in [-0.05, 0) is 109 Å². The number of amides is 11. The highest BCUT2D eigenvalue weighted by atomic mass is 16.4. The van der Waals surface area contributed by atoms with Crippen LogP contribution < -0.4 is 37.2 Å². The van der Waals surface area contributed by atoms with Gasteiger partial charge in [0.2, 0.25) is 65.0 Å². The van der Waals surface area contributed by atoms with E-state index in [1.165, 1.54) is 75.5 Å². The molecule has 25 heteroatoms. The lowest BCUT2D eigenvalue weighted by Crippen LogP contribution is -2.60. The minimum atomic E-state index is -1.22. The maximum atomic E-state index is 14.6. The zero-order valence-corrected chi connectivity index (χ0v) is 53.5. The number of nitrogens with one attached hydrogen (secondary N) is 7. The van der Waals surface area contributed by atoms with Crippen LogP contribution in [0.4, 0.5) is 0 Å². The zero-order chi connectivity index (χ0) is 64.9. The first-order chi connectivity index (χ1) is 39.5. The lowest BCUT2D eigenvalue weighted by Gasteiger charge is -2.35. The van der Waals surface area contributed by atoms with Crippen LogP contribution in [0.15, 0.2) is 30.3 Å². The molecule has 1 aliphatic heterocycles. The Bertz CT molecular complexity index is 2480. The summed E-state index contributed by atoms with van der Waals surface area (Å²) in [4.78, 5) is 170. The Morgan fingerprint density at radius 3 is 1.46 bits per heavy atom. The van der Waals surface area contributed by atoms with Gasteiger partial charge in [-0.25, -0.2) is 4.79 Å². The van der Waals surface area contributed by atoms with Gasteiger partial charge in [-0.15, -0.1) is 0 Å². The number of carboxylic acid groups (broad SMARTS) is 1. The summed E-state index contributed by atoms with van der Waals surface area (Å²) in [5.74, 6) is -8.36. The highest BCUT2D eigenvalue weighted by Crippen LogP contribution is 2.20. The third kappa shape index (κ3) is 23.0. The van der Waals surface area contributed by atoms with Crippen molar-refractivity contribution in [1.29, 1.82) is 0 Å². The van der Waals surface area contributed by atoms with Crippen molar-refractivity contribution < 1.29 is 62.6 Å². The normalized spacial score (nSPS) is 16.7. The molecule has 1 heterocycles. The largest absolute Gasteiger partial charge is 0.480 e. The third-order valence-corrected chi connectivity index (χ3v) is 15.1. The van der Waals surface area contributed by atoms with Gasteiger partial charge in [-0.1, -0.05) is 85.7 Å². The van der Waals surface area contributed by atoms with Crippen LogP contribution >= 0.6 is 0 Å². The number of aliphatic carboxylic acids is 1. The van der Waals surface area contributed by atoms with Crippen molar-refractivity contribution in [3.63, 3.8) is 0 Å². The van der Waals surface area contributed by atoms with Gasteiger partial charge in [0, 0.05) is 41.2 Å². The Morgan fingerprint density at radius 2 is 0.953 bits per heavy atom. The standard InChI is InChI=1S/C60H100N12O13/c1-33(2)27-43(65-50(74)37(9)61-14)57(81)68(15)32-49(73)62-39(11)55(79)70(17)48(31-42-23-20-19-21-24-42)54(78)67-44(28-34(3)4)58(82)69(16)41(13)52(76)66-45(29-35(5)6)59(83)71(18)47(30-36(7)8)53(77)63-38(10)51(75)64-40(12)56(80)72-26-22-25-46(72)60(84)85/h19-21,23-24,33-41,43-48,61H,22,25-32H2,1-18H3,(H,62,73)(H,63,77)(H,64,75)(H,65,74)(H,66,76)(H,67,78)(H,84,85)/t37-,38-,39-,40-,41-,43-,44-,45-,46-,47-,48-/m0/s1. The maximum Gasteiger partial charge on any atom is 0.326 e. The van der Waals surface area contributed by atoms with Crippen LogP contribution in [-0.2, 0) is 64.0 Å². The number of benzene rings is 1. The van der Waals surface area contributed by atoms with Crippen molar-refractivity contribution in [2.24, 2.45) is 23.7 Å². The zero-order valence-electron chi connectivity index (χ0n) is 53.5. The molecule has 1 aliphatic rings. The molecule has 8 N–H and O–H groups in total. The van der Waals surface area contributed by atoms with Crippen LogP contribution in [0.3, 0.4) is 0 Å². The predicted molar refractivity (Wildman–Crippen MR) is 320 cm³/mol. The average molecular weight is 1200 g/mol. The summed E-state index contributed by atoms with van der Waals surface area (Å²) in [7, 11) is 7.26. The number of hydrogen-bond acceptors (Lipinski definition) is 13. The smallest absolute Gasteiger partial charge is 0.326 e. The van der Waals surface area contributed by atoms with Crippen LogP contribution in [0.2, 0.25) is 0 Å². The molecule has 0 unspecified atom stereocenters. The molecule has 25 nitrogen and oxygen atoms in total. The first-order valence-corrected chi connectivity index (χ1v) is 29.6. The van der Waals surface area contributed by atoms with E-state index in [9.17, 15) is 62.6 Å². The molecular formula is C60H100N12O13. The summed E-state index contributed by atoms with van der Waals surface area (Å²) in [5.41, 5.74) is 0.682. The SMILES string of the molecule is CN[C@@H](C)C(=O)N[C@@H](CC(C)C)C(=O)N(C)CC(=O)N[C@@H](C)C(=O)N(C)[C@@H](Cc1ccccc1)C(=O)N[C@@H](CC(C)C)C(=O)N(C)[C@@H](C)C(=O)N[C@@H](CC(C)C)C(=O)N(C)[C@@H](CC(C)C)C(=O)N[C@@H](C)C(=O)N[C@@H](C)C(=O)N1CCC[C@H]1C(=O)O. The molecule has 1 fully saturated rings. The van der Waals surface area contributed by atoms with Crippen molar-refractivity contribution >= 4 is 70.9 Å². The van der Waals surface area contributed by atoms with E-state index in [1.54, 1.807) is 44.3 Å². The van der Waals surface area contributed by atoms with E-state index in [4.69, 9.17) is 0 Å². The molecule has 0 saturated carbocycles. The first kappa shape index (κ1) is 73.9. The second-order valence-corrected chi connectivity index (χ2v) is 24.4. The molecule has 0 bridgehead atoms. The molecule has 0 aromatic heterocycles. The van der Waals surface area contributed by atoms with Gasteiger partial charge in [-0.2, -0.15) is 0 Å². The Morgan fingerprint density at radius 1 is 0.506 bits per heavy atom. The van der Waals surface area contributed by atoms with Gasteiger partial charge >= 0.3 is 5.97 Å². The molecule has 11 atom stereocenters. The quantitative estimate of drug-likeness (QED) is 0.0488. The Labute approximate surface area is 503 Å². The molecule has 1 aromatic rings. The van der Waals surface area contributed by atoms with E-state index < -0.39 is 138 Å². The summed E-state index contributed by atoms with van der Waals surface area (Å²) in [6, 6.07) is -2.99. The van der Waals surface area contributed by atoms with Gasteiger partial charge in [-0.3, -0.25) is 52.7 Å². The lowest BCUT2D eigenvalue weighted by atomic mass is 9.98. The minimum Gasteiger partial charge on any atom is -0.480 e. The van der Waals surface area contributed by atoms with E-state index in [0.717, 1.165) is 4.90 Å². The van der Waals surface area contributed by atoms with Crippen LogP contribution in [0.5, 0.6) is 0 Å². The minimum absolute atomic E-state index is 0.00520. The Hall–Kier alpha value is -7.18. The number of rotatable bonds is 33. The molecule has 1 saturated heterocycles. The van der Waals surface area contributed by atoms with Crippen molar-refractivity contribution in [3.05, 3.63) is 35.9 Å². The molecule has 2 rings (SSSR count). The molecule has 85 heavy (non-hydrogen) atoms. The number of carboxylic acids is 1. The first-order valence-electron chi connectivity index (χ1n) is 29.6. The Kier molecular flexibility index (Phi) is 30.2. The van der Waals surface area contributed by atoms with E-state index in [1.807, 2.05) is 55.4 Å². The molecule has 0 radical (unpaired) electrons. The van der Waals surface area contributed by atoms with Crippen molar-refractivity contribution in [2.75, 3.05) is 48.3 Å². The summed E-state index contributed by atoms with van der Waals surface area (Å²) >= 11 is 0. The summed E-state index contributed by atoms with van der Waals surface area (Å²) in [5, 5.41) is 28.6. The molecule has 0 spiro atoms. The van der Waals surface area contributed by atoms with E-state index in [0.29, 0.717) is 24.8 Å². The molecule has 0 aliphatic carbocycles. The number of hydrogen-bond donors (Lipinski definition) is 8. The maximum absolute atomic E-state index is 14.6. The van der Waals surface area contributed by atoms with Gasteiger partial charge in [0.15, 0.2) is 0 Å². The van der Waals surface area contributed by atoms with E-state index in [2.05, 4.69) is 37.2 Å². The van der Waals surface area contributed by atoms with Crippen molar-refractivity contribution in [1.82, 2.24) is 61.7 Å². The number of carbonyl (C=O) groups is 12. The summed E-state index contributed by atoms with van der Waals surface area (Å²) < 4.78 is 0. The van der Waals surface area contributed by atoms with E-state index in [-0.39, 0.29) is 61.8 Å². The van der Waals surface area contributed by atoms with Crippen LogP contribution in [0.25, 0.3) is 0 Å². The highest BCUT2D eigenvalue weighted by molar-refractivity contribution is 5.99. The summed E-state index contributed by atoms with van der Waals surface area (Å²) in [6.07, 6.45) is 1.53. The fraction of sp³-hybridized carbons (Fsp3) is 0.700. The van der Waals surface area contributed by atoms with E-state index >= 15 is 0 Å². The number of likely N-dealkylation sites (tertiary alicyclic amines) is 1. The van der Waals surface area contributed by atoms with Crippen LogP contribution in [-0.4, -0.2) is 215 Å². The third-order valence-electron chi connectivity index (χ3n) is 15.1. The van der Waals surface area contributed by atoms with Gasteiger partial charge in [0.25, 0.3) is 0 Å². The van der Waals surface area contributed by atoms with Crippen LogP contribution in [0, 0.1) is 23.7 Å². The fourth-order valence-corrected chi connectivity index (χ4v) is 9.89. The average Bonchev–Trinajstić information content (AvgIpc) is 4.19. The second-order valence-electron chi connectivity index (χ2n) is 24.4.